The van der Waals surface area contributed by atoms with Crippen LogP contribution in [-0.2, 0) is 4.74 Å². The third-order valence-electron chi connectivity index (χ3n) is 2.36. The number of rotatable bonds is 4. The smallest absolute Gasteiger partial charge is 0.337 e. The SMILES string of the molecule is COC(=O)c1ccnc(Sc2cccc(N=[N+]=[N-])c2)c1. The molecule has 0 saturated heterocycles. The van der Waals surface area contributed by atoms with Crippen LogP contribution in [0.25, 0.3) is 10.4 Å². The Morgan fingerprint density at radius 3 is 3.00 bits per heavy atom. The largest absolute Gasteiger partial charge is 0.465 e. The first-order valence-electron chi connectivity index (χ1n) is 5.60. The van der Waals surface area contributed by atoms with Crippen molar-refractivity contribution in [3.63, 3.8) is 0 Å². The van der Waals surface area contributed by atoms with Gasteiger partial charge in [0.15, 0.2) is 0 Å². The standard InChI is InChI=1S/C13H10N4O2S/c1-19-13(18)9-5-6-15-12(7-9)20-11-4-2-3-10(8-11)16-17-14/h2-8H,1H3. The molecule has 1 aromatic heterocycles. The second-order valence-corrected chi connectivity index (χ2v) is 4.76. The molecule has 0 saturated carbocycles. The van der Waals surface area contributed by atoms with Crippen LogP contribution in [0.1, 0.15) is 10.4 Å². The average Bonchev–Trinajstić information content (AvgIpc) is 2.47. The summed E-state index contributed by atoms with van der Waals surface area (Å²) in [6.45, 7) is 0. The van der Waals surface area contributed by atoms with Gasteiger partial charge in [0.1, 0.15) is 5.03 Å². The number of pyridine rings is 1. The summed E-state index contributed by atoms with van der Waals surface area (Å²) in [6.07, 6.45) is 1.55. The number of hydrogen-bond acceptors (Lipinski definition) is 5. The van der Waals surface area contributed by atoms with Crippen LogP contribution < -0.4 is 0 Å². The van der Waals surface area contributed by atoms with Gasteiger partial charge in [-0.2, -0.15) is 0 Å². The summed E-state index contributed by atoms with van der Waals surface area (Å²) in [5.41, 5.74) is 9.38. The molecule has 100 valence electrons. The van der Waals surface area contributed by atoms with Crippen LogP contribution in [0.15, 0.2) is 57.6 Å². The molecule has 20 heavy (non-hydrogen) atoms. The number of methoxy groups -OCH3 is 1. The van der Waals surface area contributed by atoms with Gasteiger partial charge in [0.25, 0.3) is 0 Å². The maximum absolute atomic E-state index is 11.4. The van der Waals surface area contributed by atoms with Gasteiger partial charge < -0.3 is 4.74 Å². The van der Waals surface area contributed by atoms with Crippen molar-refractivity contribution in [2.45, 2.75) is 9.92 Å². The molecule has 0 unspecified atom stereocenters. The van der Waals surface area contributed by atoms with E-state index >= 15 is 0 Å². The first-order chi connectivity index (χ1) is 9.72. The third kappa shape index (κ3) is 3.50. The number of azide groups is 1. The van der Waals surface area contributed by atoms with Crippen molar-refractivity contribution in [1.29, 1.82) is 0 Å². The molecule has 0 aliphatic rings. The van der Waals surface area contributed by atoms with Crippen molar-refractivity contribution < 1.29 is 9.53 Å². The van der Waals surface area contributed by atoms with E-state index in [2.05, 4.69) is 19.7 Å². The fourth-order valence-corrected chi connectivity index (χ4v) is 2.36. The topological polar surface area (TPSA) is 88.0 Å². The van der Waals surface area contributed by atoms with Crippen molar-refractivity contribution in [3.05, 3.63) is 58.6 Å². The Morgan fingerprint density at radius 2 is 2.25 bits per heavy atom. The summed E-state index contributed by atoms with van der Waals surface area (Å²) in [4.78, 5) is 19.2. The minimum absolute atomic E-state index is 0.405. The Hall–Kier alpha value is -2.50. The molecule has 0 aliphatic carbocycles. The molecule has 0 atom stereocenters. The van der Waals surface area contributed by atoms with Gasteiger partial charge in [-0.3, -0.25) is 0 Å². The van der Waals surface area contributed by atoms with E-state index in [1.165, 1.54) is 18.9 Å². The number of aromatic nitrogens is 1. The lowest BCUT2D eigenvalue weighted by atomic mass is 10.3. The van der Waals surface area contributed by atoms with Crippen LogP contribution >= 0.6 is 11.8 Å². The van der Waals surface area contributed by atoms with Crippen molar-refractivity contribution >= 4 is 23.4 Å². The normalized spacial score (nSPS) is 9.65. The quantitative estimate of drug-likeness (QED) is 0.368. The lowest BCUT2D eigenvalue weighted by molar-refractivity contribution is 0.0600. The molecule has 7 heteroatoms. The van der Waals surface area contributed by atoms with E-state index in [0.29, 0.717) is 16.3 Å². The number of nitrogens with zero attached hydrogens (tertiary/aromatic N) is 4. The minimum Gasteiger partial charge on any atom is -0.465 e. The maximum Gasteiger partial charge on any atom is 0.337 e. The molecule has 0 radical (unpaired) electrons. The summed E-state index contributed by atoms with van der Waals surface area (Å²) in [6, 6.07) is 10.4. The summed E-state index contributed by atoms with van der Waals surface area (Å²) >= 11 is 1.37. The molecule has 2 rings (SSSR count). The van der Waals surface area contributed by atoms with Crippen molar-refractivity contribution in [3.8, 4) is 0 Å². The summed E-state index contributed by atoms with van der Waals surface area (Å²) in [5, 5.41) is 4.20. The Balaban J connectivity index is 2.23. The van der Waals surface area contributed by atoms with E-state index in [9.17, 15) is 4.79 Å². The molecular weight excluding hydrogens is 276 g/mol. The first-order valence-corrected chi connectivity index (χ1v) is 6.42. The highest BCUT2D eigenvalue weighted by atomic mass is 32.2. The second kappa shape index (κ2) is 6.60. The van der Waals surface area contributed by atoms with E-state index < -0.39 is 5.97 Å². The van der Waals surface area contributed by atoms with Crippen molar-refractivity contribution in [2.24, 2.45) is 5.11 Å². The Morgan fingerprint density at radius 1 is 1.40 bits per heavy atom. The predicted octanol–water partition coefficient (Wildman–Crippen LogP) is 3.96. The number of carbonyl (C=O) groups is 1. The molecule has 0 spiro atoms. The van der Waals surface area contributed by atoms with E-state index in [4.69, 9.17) is 5.53 Å². The van der Waals surface area contributed by atoms with Crippen molar-refractivity contribution in [2.75, 3.05) is 7.11 Å². The summed E-state index contributed by atoms with van der Waals surface area (Å²) in [7, 11) is 1.33. The van der Waals surface area contributed by atoms with E-state index in [0.717, 1.165) is 4.90 Å². The second-order valence-electron chi connectivity index (χ2n) is 3.66. The predicted molar refractivity (Wildman–Crippen MR) is 74.9 cm³/mol. The molecule has 6 nitrogen and oxygen atoms in total. The number of carbonyl (C=O) groups excluding carboxylic acids is 1. The summed E-state index contributed by atoms with van der Waals surface area (Å²) < 4.78 is 4.66. The highest BCUT2D eigenvalue weighted by molar-refractivity contribution is 7.99. The Kier molecular flexibility index (Phi) is 4.60. The van der Waals surface area contributed by atoms with Gasteiger partial charge in [-0.25, -0.2) is 9.78 Å². The van der Waals surface area contributed by atoms with E-state index in [1.807, 2.05) is 6.07 Å². The van der Waals surface area contributed by atoms with Gasteiger partial charge in [0.05, 0.1) is 12.7 Å². The van der Waals surface area contributed by atoms with Crippen LogP contribution in [-0.4, -0.2) is 18.1 Å². The average molecular weight is 286 g/mol. The van der Waals surface area contributed by atoms with E-state index in [-0.39, 0.29) is 0 Å². The Labute approximate surface area is 119 Å². The minimum atomic E-state index is -0.405. The molecule has 1 heterocycles. The number of benzene rings is 1. The van der Waals surface area contributed by atoms with Crippen LogP contribution in [0, 0.1) is 0 Å². The highest BCUT2D eigenvalue weighted by Crippen LogP contribution is 2.29. The fraction of sp³-hybridized carbons (Fsp3) is 0.0769. The van der Waals surface area contributed by atoms with Gasteiger partial charge in [-0.15, -0.1) is 0 Å². The van der Waals surface area contributed by atoms with Crippen molar-refractivity contribution in [1.82, 2.24) is 4.98 Å². The number of ether oxygens (including phenoxy) is 1. The van der Waals surface area contributed by atoms with Crippen LogP contribution in [0.2, 0.25) is 0 Å². The maximum atomic E-state index is 11.4. The first kappa shape index (κ1) is 13.9. The highest BCUT2D eigenvalue weighted by Gasteiger charge is 2.07. The zero-order valence-electron chi connectivity index (χ0n) is 10.6. The molecule has 0 N–H and O–H groups in total. The number of esters is 1. The molecule has 0 bridgehead atoms. The van der Waals surface area contributed by atoms with Gasteiger partial charge in [-0.05, 0) is 29.8 Å². The molecular formula is C13H10N4O2S. The summed E-state index contributed by atoms with van der Waals surface area (Å²) in [5.74, 6) is -0.405. The molecule has 1 aromatic carbocycles. The Bertz CT molecular complexity index is 684. The molecule has 0 amide bonds. The van der Waals surface area contributed by atoms with Crippen LogP contribution in [0.5, 0.6) is 0 Å². The van der Waals surface area contributed by atoms with Gasteiger partial charge >= 0.3 is 5.97 Å². The lowest BCUT2D eigenvalue weighted by Crippen LogP contribution is -2.01. The van der Waals surface area contributed by atoms with Crippen LogP contribution in [0.3, 0.4) is 0 Å². The molecule has 2 aromatic rings. The van der Waals surface area contributed by atoms with Gasteiger partial charge in [-0.1, -0.05) is 29.0 Å². The van der Waals surface area contributed by atoms with E-state index in [1.54, 1.807) is 36.5 Å². The van der Waals surface area contributed by atoms with Gasteiger partial charge in [0.2, 0.25) is 0 Å². The monoisotopic (exact) mass is 286 g/mol. The fourth-order valence-electron chi connectivity index (χ4n) is 1.49. The zero-order chi connectivity index (χ0) is 14.4. The lowest BCUT2D eigenvalue weighted by Gasteiger charge is -2.03. The molecule has 0 aliphatic heterocycles. The van der Waals surface area contributed by atoms with Crippen LogP contribution in [0.4, 0.5) is 5.69 Å². The van der Waals surface area contributed by atoms with Gasteiger partial charge in [0, 0.05) is 21.7 Å². The third-order valence-corrected chi connectivity index (χ3v) is 3.28. The zero-order valence-corrected chi connectivity index (χ0v) is 11.4. The number of hydrogen-bond donors (Lipinski definition) is 0. The molecule has 0 fully saturated rings.